The molecule has 1 aliphatic rings. The second-order valence-electron chi connectivity index (χ2n) is 5.76. The lowest BCUT2D eigenvalue weighted by molar-refractivity contribution is 0.265. The number of aryl methyl sites for hydroxylation is 1. The Morgan fingerprint density at radius 3 is 2.71 bits per heavy atom. The Kier molecular flexibility index (Phi) is 4.29. The standard InChI is InChI=1S/C16H21FN4/c1-20-16(18-12-19-20)11-21-9-2-3-13(8-10-21)14-4-6-15(17)7-5-14/h4-7,12-13H,2-3,8-11H2,1H3/t13-/m0/s1. The zero-order valence-electron chi connectivity index (χ0n) is 12.4. The molecule has 21 heavy (non-hydrogen) atoms. The van der Waals surface area contributed by atoms with Gasteiger partial charge in [-0.15, -0.1) is 0 Å². The summed E-state index contributed by atoms with van der Waals surface area (Å²) in [5.41, 5.74) is 1.26. The van der Waals surface area contributed by atoms with Gasteiger partial charge in [0.2, 0.25) is 0 Å². The molecule has 3 rings (SSSR count). The average molecular weight is 288 g/mol. The van der Waals surface area contributed by atoms with E-state index in [1.54, 1.807) is 18.5 Å². The van der Waals surface area contributed by atoms with Crippen LogP contribution in [0.2, 0.25) is 0 Å². The molecule has 4 nitrogen and oxygen atoms in total. The molecule has 2 aromatic rings. The van der Waals surface area contributed by atoms with E-state index in [1.807, 2.05) is 23.9 Å². The summed E-state index contributed by atoms with van der Waals surface area (Å²) in [6.07, 6.45) is 5.05. The third kappa shape index (κ3) is 3.47. The van der Waals surface area contributed by atoms with Gasteiger partial charge in [-0.1, -0.05) is 12.1 Å². The van der Waals surface area contributed by atoms with Gasteiger partial charge in [-0.25, -0.2) is 9.37 Å². The molecule has 0 N–H and O–H groups in total. The van der Waals surface area contributed by atoms with Crippen LogP contribution in [0.25, 0.3) is 0 Å². The SMILES string of the molecule is Cn1ncnc1CN1CCC[C@H](c2ccc(F)cc2)CC1. The van der Waals surface area contributed by atoms with Crippen molar-refractivity contribution in [3.8, 4) is 0 Å². The van der Waals surface area contributed by atoms with E-state index in [-0.39, 0.29) is 5.82 Å². The lowest BCUT2D eigenvalue weighted by Gasteiger charge is -2.19. The Balaban J connectivity index is 1.61. The highest BCUT2D eigenvalue weighted by atomic mass is 19.1. The van der Waals surface area contributed by atoms with Crippen LogP contribution in [-0.2, 0) is 13.6 Å². The van der Waals surface area contributed by atoms with Crippen LogP contribution < -0.4 is 0 Å². The Morgan fingerprint density at radius 1 is 1.19 bits per heavy atom. The zero-order chi connectivity index (χ0) is 14.7. The van der Waals surface area contributed by atoms with Gasteiger partial charge in [-0.3, -0.25) is 9.58 Å². The third-order valence-electron chi connectivity index (χ3n) is 4.33. The molecule has 112 valence electrons. The van der Waals surface area contributed by atoms with Crippen molar-refractivity contribution < 1.29 is 4.39 Å². The van der Waals surface area contributed by atoms with E-state index in [0.29, 0.717) is 5.92 Å². The topological polar surface area (TPSA) is 34.0 Å². The molecule has 1 fully saturated rings. The van der Waals surface area contributed by atoms with E-state index in [1.165, 1.54) is 18.4 Å². The van der Waals surface area contributed by atoms with Crippen LogP contribution >= 0.6 is 0 Å². The van der Waals surface area contributed by atoms with E-state index in [0.717, 1.165) is 31.9 Å². The van der Waals surface area contributed by atoms with Gasteiger partial charge in [0.25, 0.3) is 0 Å². The molecule has 2 heterocycles. The maximum Gasteiger partial charge on any atom is 0.140 e. The molecular weight excluding hydrogens is 267 g/mol. The second kappa shape index (κ2) is 6.35. The molecule has 1 saturated heterocycles. The number of halogens is 1. The van der Waals surface area contributed by atoms with Crippen molar-refractivity contribution in [3.63, 3.8) is 0 Å². The Hall–Kier alpha value is -1.75. The predicted octanol–water partition coefficient (Wildman–Crippen LogP) is 2.72. The van der Waals surface area contributed by atoms with Crippen LogP contribution in [0.15, 0.2) is 30.6 Å². The van der Waals surface area contributed by atoms with Crippen molar-refractivity contribution in [3.05, 3.63) is 47.8 Å². The van der Waals surface area contributed by atoms with Gasteiger partial charge in [0.1, 0.15) is 18.0 Å². The van der Waals surface area contributed by atoms with Crippen LogP contribution in [0.4, 0.5) is 4.39 Å². The number of nitrogens with zero attached hydrogens (tertiary/aromatic N) is 4. The summed E-state index contributed by atoms with van der Waals surface area (Å²) >= 11 is 0. The highest BCUT2D eigenvalue weighted by Gasteiger charge is 2.19. The highest BCUT2D eigenvalue weighted by molar-refractivity contribution is 5.20. The summed E-state index contributed by atoms with van der Waals surface area (Å²) in [5.74, 6) is 1.39. The molecule has 0 radical (unpaired) electrons. The monoisotopic (exact) mass is 288 g/mol. The number of hydrogen-bond acceptors (Lipinski definition) is 3. The summed E-state index contributed by atoms with van der Waals surface area (Å²) in [7, 11) is 1.93. The van der Waals surface area contributed by atoms with Crippen LogP contribution in [0.3, 0.4) is 0 Å². The molecule has 1 atom stereocenters. The highest BCUT2D eigenvalue weighted by Crippen LogP contribution is 2.28. The van der Waals surface area contributed by atoms with Crippen molar-refractivity contribution in [2.45, 2.75) is 31.7 Å². The Labute approximate surface area is 124 Å². The molecular formula is C16H21FN4. The van der Waals surface area contributed by atoms with Gasteiger partial charge < -0.3 is 0 Å². The van der Waals surface area contributed by atoms with Crippen molar-refractivity contribution in [1.82, 2.24) is 19.7 Å². The van der Waals surface area contributed by atoms with Crippen LogP contribution in [0.5, 0.6) is 0 Å². The maximum atomic E-state index is 13.0. The molecule has 0 saturated carbocycles. The average Bonchev–Trinajstić information content (AvgIpc) is 2.74. The van der Waals surface area contributed by atoms with Gasteiger partial charge in [0, 0.05) is 7.05 Å². The molecule has 0 spiro atoms. The number of benzene rings is 1. The van der Waals surface area contributed by atoms with Gasteiger partial charge >= 0.3 is 0 Å². The number of aromatic nitrogens is 3. The lowest BCUT2D eigenvalue weighted by Crippen LogP contribution is -2.26. The van der Waals surface area contributed by atoms with E-state index in [2.05, 4.69) is 15.0 Å². The van der Waals surface area contributed by atoms with E-state index in [9.17, 15) is 4.39 Å². The molecule has 0 unspecified atom stereocenters. The molecule has 0 amide bonds. The Morgan fingerprint density at radius 2 is 2.00 bits per heavy atom. The summed E-state index contributed by atoms with van der Waals surface area (Å²) in [4.78, 5) is 6.73. The van der Waals surface area contributed by atoms with Gasteiger partial charge in [0.05, 0.1) is 6.54 Å². The molecule has 5 heteroatoms. The minimum atomic E-state index is -0.156. The largest absolute Gasteiger partial charge is 0.296 e. The summed E-state index contributed by atoms with van der Waals surface area (Å²) in [6.45, 7) is 2.99. The van der Waals surface area contributed by atoms with Crippen LogP contribution in [0.1, 0.15) is 36.6 Å². The van der Waals surface area contributed by atoms with Crippen molar-refractivity contribution in [1.29, 1.82) is 0 Å². The molecule has 1 aromatic carbocycles. The first-order valence-electron chi connectivity index (χ1n) is 7.53. The first-order chi connectivity index (χ1) is 10.2. The fraction of sp³-hybridized carbons (Fsp3) is 0.500. The van der Waals surface area contributed by atoms with Gasteiger partial charge in [0.15, 0.2) is 0 Å². The van der Waals surface area contributed by atoms with Crippen molar-refractivity contribution in [2.75, 3.05) is 13.1 Å². The normalized spacial score (nSPS) is 20.4. The number of rotatable bonds is 3. The number of hydrogen-bond donors (Lipinski definition) is 0. The first-order valence-corrected chi connectivity index (χ1v) is 7.53. The fourth-order valence-corrected chi connectivity index (χ4v) is 3.05. The summed E-state index contributed by atoms with van der Waals surface area (Å²) in [6, 6.07) is 6.99. The summed E-state index contributed by atoms with van der Waals surface area (Å²) < 4.78 is 14.9. The third-order valence-corrected chi connectivity index (χ3v) is 4.33. The fourth-order valence-electron chi connectivity index (χ4n) is 3.05. The van der Waals surface area contributed by atoms with E-state index >= 15 is 0 Å². The minimum absolute atomic E-state index is 0.156. The van der Waals surface area contributed by atoms with Gasteiger partial charge in [-0.05, 0) is 56.0 Å². The second-order valence-corrected chi connectivity index (χ2v) is 5.76. The van der Waals surface area contributed by atoms with Gasteiger partial charge in [-0.2, -0.15) is 5.10 Å². The van der Waals surface area contributed by atoms with Crippen LogP contribution in [0, 0.1) is 5.82 Å². The van der Waals surface area contributed by atoms with Crippen molar-refractivity contribution in [2.24, 2.45) is 7.05 Å². The smallest absolute Gasteiger partial charge is 0.140 e. The molecule has 1 aliphatic heterocycles. The first kappa shape index (κ1) is 14.2. The Bertz CT molecular complexity index is 578. The molecule has 0 aliphatic carbocycles. The predicted molar refractivity (Wildman–Crippen MR) is 79.3 cm³/mol. The maximum absolute atomic E-state index is 13.0. The molecule has 1 aromatic heterocycles. The zero-order valence-corrected chi connectivity index (χ0v) is 12.4. The quantitative estimate of drug-likeness (QED) is 0.871. The van der Waals surface area contributed by atoms with E-state index < -0.39 is 0 Å². The van der Waals surface area contributed by atoms with Crippen molar-refractivity contribution >= 4 is 0 Å². The molecule has 0 bridgehead atoms. The van der Waals surface area contributed by atoms with Crippen LogP contribution in [-0.4, -0.2) is 32.8 Å². The number of likely N-dealkylation sites (tertiary alicyclic amines) is 1. The lowest BCUT2D eigenvalue weighted by atomic mass is 9.92. The minimum Gasteiger partial charge on any atom is -0.296 e. The summed E-state index contributed by atoms with van der Waals surface area (Å²) in [5, 5.41) is 4.12. The van der Waals surface area contributed by atoms with E-state index in [4.69, 9.17) is 0 Å².